The highest BCUT2D eigenvalue weighted by molar-refractivity contribution is 5.77. The molecule has 0 saturated carbocycles. The topological polar surface area (TPSA) is 38.3 Å². The van der Waals surface area contributed by atoms with E-state index < -0.39 is 0 Å². The zero-order chi connectivity index (χ0) is 13.6. The largest absolute Gasteiger partial charge is 0.484 e. The van der Waals surface area contributed by atoms with E-state index in [1.807, 2.05) is 31.2 Å². The van der Waals surface area contributed by atoms with E-state index in [1.165, 1.54) is 5.56 Å². The Kier molecular flexibility index (Phi) is 5.20. The van der Waals surface area contributed by atoms with Gasteiger partial charge in [0, 0.05) is 6.54 Å². The van der Waals surface area contributed by atoms with Gasteiger partial charge in [-0.25, -0.2) is 0 Å². The van der Waals surface area contributed by atoms with Crippen LogP contribution in [0, 0.1) is 0 Å². The monoisotopic (exact) mass is 249 g/mol. The summed E-state index contributed by atoms with van der Waals surface area (Å²) in [6.45, 7) is 9.30. The van der Waals surface area contributed by atoms with Gasteiger partial charge in [0.25, 0.3) is 5.91 Å². The van der Waals surface area contributed by atoms with Crippen molar-refractivity contribution in [1.29, 1.82) is 0 Å². The molecular formula is C15H23NO2. The van der Waals surface area contributed by atoms with E-state index >= 15 is 0 Å². The van der Waals surface area contributed by atoms with Crippen LogP contribution in [0.5, 0.6) is 5.75 Å². The molecular weight excluding hydrogens is 226 g/mol. The zero-order valence-corrected chi connectivity index (χ0v) is 11.7. The maximum atomic E-state index is 11.4. The number of carbonyl (C=O) groups is 1. The summed E-state index contributed by atoms with van der Waals surface area (Å²) >= 11 is 0. The second-order valence-electron chi connectivity index (χ2n) is 5.41. The van der Waals surface area contributed by atoms with Crippen molar-refractivity contribution in [3.63, 3.8) is 0 Å². The first-order valence-electron chi connectivity index (χ1n) is 6.43. The van der Waals surface area contributed by atoms with Crippen LogP contribution in [0.3, 0.4) is 0 Å². The minimum atomic E-state index is -0.0725. The lowest BCUT2D eigenvalue weighted by atomic mass is 9.87. The molecule has 0 heterocycles. The normalized spacial score (nSPS) is 11.1. The predicted molar refractivity (Wildman–Crippen MR) is 73.9 cm³/mol. The molecule has 0 aromatic heterocycles. The fourth-order valence-electron chi connectivity index (χ4n) is 1.52. The molecule has 0 fully saturated rings. The van der Waals surface area contributed by atoms with Crippen LogP contribution < -0.4 is 10.1 Å². The van der Waals surface area contributed by atoms with Crippen LogP contribution in [0.25, 0.3) is 0 Å². The quantitative estimate of drug-likeness (QED) is 0.871. The van der Waals surface area contributed by atoms with E-state index in [9.17, 15) is 4.79 Å². The molecule has 0 bridgehead atoms. The zero-order valence-electron chi connectivity index (χ0n) is 11.7. The second-order valence-corrected chi connectivity index (χ2v) is 5.41. The fraction of sp³-hybridized carbons (Fsp3) is 0.533. The van der Waals surface area contributed by atoms with Gasteiger partial charge in [0.15, 0.2) is 6.61 Å². The Morgan fingerprint density at radius 1 is 1.22 bits per heavy atom. The molecule has 18 heavy (non-hydrogen) atoms. The molecule has 0 spiro atoms. The van der Waals surface area contributed by atoms with Gasteiger partial charge >= 0.3 is 0 Å². The minimum Gasteiger partial charge on any atom is -0.484 e. The number of ether oxygens (including phenoxy) is 1. The van der Waals surface area contributed by atoms with Crippen LogP contribution in [0.1, 0.15) is 39.7 Å². The number of rotatable bonds is 5. The Morgan fingerprint density at radius 2 is 1.83 bits per heavy atom. The third kappa shape index (κ3) is 4.78. The van der Waals surface area contributed by atoms with Crippen LogP contribution in [-0.4, -0.2) is 19.1 Å². The molecule has 0 aliphatic rings. The summed E-state index contributed by atoms with van der Waals surface area (Å²) in [5.74, 6) is 0.659. The molecule has 1 rings (SSSR count). The minimum absolute atomic E-state index is 0.0725. The van der Waals surface area contributed by atoms with Crippen LogP contribution >= 0.6 is 0 Å². The van der Waals surface area contributed by atoms with Crippen molar-refractivity contribution in [3.05, 3.63) is 29.8 Å². The van der Waals surface area contributed by atoms with Crippen molar-refractivity contribution >= 4 is 5.91 Å². The number of benzene rings is 1. The van der Waals surface area contributed by atoms with E-state index in [2.05, 4.69) is 26.1 Å². The maximum Gasteiger partial charge on any atom is 0.257 e. The van der Waals surface area contributed by atoms with Crippen molar-refractivity contribution < 1.29 is 9.53 Å². The molecule has 0 saturated heterocycles. The molecule has 0 aliphatic carbocycles. The Morgan fingerprint density at radius 3 is 2.33 bits per heavy atom. The number of nitrogens with one attached hydrogen (secondary N) is 1. The highest BCUT2D eigenvalue weighted by atomic mass is 16.5. The maximum absolute atomic E-state index is 11.4. The number of hydrogen-bond donors (Lipinski definition) is 1. The Labute approximate surface area is 110 Å². The lowest BCUT2D eigenvalue weighted by molar-refractivity contribution is -0.123. The second kappa shape index (κ2) is 6.43. The van der Waals surface area contributed by atoms with Gasteiger partial charge in [-0.2, -0.15) is 0 Å². The molecule has 1 aromatic carbocycles. The highest BCUT2D eigenvalue weighted by Gasteiger charge is 2.13. The van der Waals surface area contributed by atoms with Crippen LogP contribution in [0.15, 0.2) is 24.3 Å². The van der Waals surface area contributed by atoms with Gasteiger partial charge in [0.05, 0.1) is 0 Å². The Balaban J connectivity index is 2.47. The van der Waals surface area contributed by atoms with E-state index in [1.54, 1.807) is 0 Å². The predicted octanol–water partition coefficient (Wildman–Crippen LogP) is 2.89. The molecule has 1 N–H and O–H groups in total. The van der Waals surface area contributed by atoms with Gasteiger partial charge in [0.1, 0.15) is 5.75 Å². The van der Waals surface area contributed by atoms with Gasteiger partial charge in [-0.3, -0.25) is 4.79 Å². The van der Waals surface area contributed by atoms with Gasteiger partial charge in [-0.15, -0.1) is 0 Å². The van der Waals surface area contributed by atoms with Gasteiger partial charge in [-0.1, -0.05) is 39.8 Å². The molecule has 1 amide bonds. The first-order chi connectivity index (χ1) is 8.43. The van der Waals surface area contributed by atoms with Gasteiger partial charge < -0.3 is 10.1 Å². The Bertz CT molecular complexity index is 376. The first-order valence-corrected chi connectivity index (χ1v) is 6.43. The van der Waals surface area contributed by atoms with E-state index in [0.29, 0.717) is 6.54 Å². The number of amides is 1. The summed E-state index contributed by atoms with van der Waals surface area (Å²) in [5.41, 5.74) is 1.39. The molecule has 3 heteroatoms. The van der Waals surface area contributed by atoms with Crippen LogP contribution in [0.4, 0.5) is 0 Å². The SMILES string of the molecule is CCCNC(=O)COc1ccc(C(C)(C)C)cc1. The van der Waals surface area contributed by atoms with Crippen molar-refractivity contribution in [2.24, 2.45) is 0 Å². The number of hydrogen-bond acceptors (Lipinski definition) is 2. The van der Waals surface area contributed by atoms with Crippen molar-refractivity contribution in [2.45, 2.75) is 39.5 Å². The van der Waals surface area contributed by atoms with E-state index in [4.69, 9.17) is 4.74 Å². The summed E-state index contributed by atoms with van der Waals surface area (Å²) < 4.78 is 5.42. The first kappa shape index (κ1) is 14.6. The summed E-state index contributed by atoms with van der Waals surface area (Å²) in [6, 6.07) is 7.90. The molecule has 1 aromatic rings. The summed E-state index contributed by atoms with van der Waals surface area (Å²) in [7, 11) is 0. The summed E-state index contributed by atoms with van der Waals surface area (Å²) in [6.07, 6.45) is 0.937. The summed E-state index contributed by atoms with van der Waals surface area (Å²) in [5, 5.41) is 2.77. The van der Waals surface area contributed by atoms with Gasteiger partial charge in [-0.05, 0) is 29.5 Å². The van der Waals surface area contributed by atoms with Crippen LogP contribution in [-0.2, 0) is 10.2 Å². The van der Waals surface area contributed by atoms with Crippen molar-refractivity contribution in [1.82, 2.24) is 5.32 Å². The molecule has 0 unspecified atom stereocenters. The van der Waals surface area contributed by atoms with E-state index in [-0.39, 0.29) is 17.9 Å². The fourth-order valence-corrected chi connectivity index (χ4v) is 1.52. The average molecular weight is 249 g/mol. The molecule has 0 radical (unpaired) electrons. The lowest BCUT2D eigenvalue weighted by Crippen LogP contribution is -2.29. The molecule has 0 aliphatic heterocycles. The van der Waals surface area contributed by atoms with E-state index in [0.717, 1.165) is 12.2 Å². The number of carbonyl (C=O) groups excluding carboxylic acids is 1. The smallest absolute Gasteiger partial charge is 0.257 e. The average Bonchev–Trinajstić information content (AvgIpc) is 2.33. The summed E-state index contributed by atoms with van der Waals surface area (Å²) in [4.78, 5) is 11.4. The highest BCUT2D eigenvalue weighted by Crippen LogP contribution is 2.24. The third-order valence-electron chi connectivity index (χ3n) is 2.66. The van der Waals surface area contributed by atoms with Crippen LogP contribution in [0.2, 0.25) is 0 Å². The molecule has 100 valence electrons. The third-order valence-corrected chi connectivity index (χ3v) is 2.66. The van der Waals surface area contributed by atoms with Crippen molar-refractivity contribution in [2.75, 3.05) is 13.2 Å². The molecule has 3 nitrogen and oxygen atoms in total. The Hall–Kier alpha value is -1.51. The van der Waals surface area contributed by atoms with Crippen molar-refractivity contribution in [3.8, 4) is 5.75 Å². The lowest BCUT2D eigenvalue weighted by Gasteiger charge is -2.19. The molecule has 0 atom stereocenters. The standard InChI is InChI=1S/C15H23NO2/c1-5-10-16-14(17)11-18-13-8-6-12(7-9-13)15(2,3)4/h6-9H,5,10-11H2,1-4H3,(H,16,17). The van der Waals surface area contributed by atoms with Gasteiger partial charge in [0.2, 0.25) is 0 Å².